The molecule has 0 radical (unpaired) electrons. The Morgan fingerprint density at radius 3 is 2.74 bits per heavy atom. The maximum absolute atomic E-state index is 5.80. The predicted molar refractivity (Wildman–Crippen MR) is 83.4 cm³/mol. The summed E-state index contributed by atoms with van der Waals surface area (Å²) in [6, 6.07) is 12.0. The highest BCUT2D eigenvalue weighted by Gasteiger charge is 2.10. The van der Waals surface area contributed by atoms with Crippen LogP contribution in [0.5, 0.6) is 0 Å². The predicted octanol–water partition coefficient (Wildman–Crippen LogP) is 2.66. The molecule has 1 aromatic carbocycles. The van der Waals surface area contributed by atoms with Crippen molar-refractivity contribution in [2.75, 3.05) is 11.9 Å². The quantitative estimate of drug-likeness (QED) is 0.868. The van der Waals surface area contributed by atoms with E-state index in [0.29, 0.717) is 4.99 Å². The number of hydrogen-bond acceptors (Lipinski definition) is 3. The summed E-state index contributed by atoms with van der Waals surface area (Å²) in [4.78, 5) is 6.86. The molecule has 0 aliphatic rings. The molecule has 0 unspecified atom stereocenters. The van der Waals surface area contributed by atoms with Crippen LogP contribution in [0.25, 0.3) is 0 Å². The molecule has 0 bridgehead atoms. The van der Waals surface area contributed by atoms with Crippen molar-refractivity contribution in [3.05, 3.63) is 59.4 Å². The highest BCUT2D eigenvalue weighted by molar-refractivity contribution is 7.80. The normalized spacial score (nSPS) is 10.2. The van der Waals surface area contributed by atoms with Gasteiger partial charge in [-0.15, -0.1) is 0 Å². The zero-order valence-corrected chi connectivity index (χ0v) is 11.9. The lowest BCUT2D eigenvalue weighted by molar-refractivity contribution is 0.884. The van der Waals surface area contributed by atoms with E-state index in [4.69, 9.17) is 18.0 Å². The minimum absolute atomic E-state index is 0.423. The standard InChI is InChI=1S/C15H17N3S/c1-11-6-7-14(13(9-11)15(16)19)18(2)10-12-5-3-4-8-17-12/h3-9H,10H2,1-2H3,(H2,16,19). The van der Waals surface area contributed by atoms with Crippen molar-refractivity contribution in [1.29, 1.82) is 0 Å². The Morgan fingerprint density at radius 2 is 2.11 bits per heavy atom. The van der Waals surface area contributed by atoms with Gasteiger partial charge in [-0.05, 0) is 31.2 Å². The van der Waals surface area contributed by atoms with E-state index in [-0.39, 0.29) is 0 Å². The lowest BCUT2D eigenvalue weighted by Crippen LogP contribution is -2.22. The van der Waals surface area contributed by atoms with Gasteiger partial charge in [-0.2, -0.15) is 0 Å². The SMILES string of the molecule is Cc1ccc(N(C)Cc2ccccn2)c(C(N)=S)c1. The molecule has 0 atom stereocenters. The molecular weight excluding hydrogens is 254 g/mol. The number of nitrogens with zero attached hydrogens (tertiary/aromatic N) is 2. The van der Waals surface area contributed by atoms with Crippen LogP contribution in [0.3, 0.4) is 0 Å². The van der Waals surface area contributed by atoms with Gasteiger partial charge < -0.3 is 10.6 Å². The van der Waals surface area contributed by atoms with Crippen LogP contribution in [-0.2, 0) is 6.54 Å². The summed E-state index contributed by atoms with van der Waals surface area (Å²) >= 11 is 5.13. The topological polar surface area (TPSA) is 42.2 Å². The summed E-state index contributed by atoms with van der Waals surface area (Å²) < 4.78 is 0. The molecule has 2 aromatic rings. The maximum Gasteiger partial charge on any atom is 0.106 e. The number of aryl methyl sites for hydroxylation is 1. The van der Waals surface area contributed by atoms with Crippen LogP contribution in [0.1, 0.15) is 16.8 Å². The van der Waals surface area contributed by atoms with Crippen LogP contribution in [0.4, 0.5) is 5.69 Å². The van der Waals surface area contributed by atoms with Crippen molar-refractivity contribution >= 4 is 22.9 Å². The maximum atomic E-state index is 5.80. The van der Waals surface area contributed by atoms with Gasteiger partial charge in [0, 0.05) is 24.5 Å². The zero-order valence-electron chi connectivity index (χ0n) is 11.1. The van der Waals surface area contributed by atoms with E-state index in [1.54, 1.807) is 6.20 Å². The van der Waals surface area contributed by atoms with Gasteiger partial charge in [0.2, 0.25) is 0 Å². The third-order valence-corrected chi connectivity index (χ3v) is 3.17. The van der Waals surface area contributed by atoms with Crippen LogP contribution >= 0.6 is 12.2 Å². The first-order valence-electron chi connectivity index (χ1n) is 6.09. The van der Waals surface area contributed by atoms with Crippen molar-refractivity contribution in [3.8, 4) is 0 Å². The number of thiocarbonyl (C=S) groups is 1. The third-order valence-electron chi connectivity index (χ3n) is 2.95. The van der Waals surface area contributed by atoms with E-state index in [0.717, 1.165) is 29.1 Å². The number of hydrogen-bond donors (Lipinski definition) is 1. The van der Waals surface area contributed by atoms with E-state index in [2.05, 4.69) is 16.0 Å². The Hall–Kier alpha value is -1.94. The molecule has 1 heterocycles. The molecule has 2 rings (SSSR count). The van der Waals surface area contributed by atoms with E-state index in [1.165, 1.54) is 0 Å². The van der Waals surface area contributed by atoms with E-state index >= 15 is 0 Å². The van der Waals surface area contributed by atoms with E-state index in [1.807, 2.05) is 44.3 Å². The summed E-state index contributed by atoms with van der Waals surface area (Å²) in [6.45, 7) is 2.75. The molecule has 2 N–H and O–H groups in total. The summed E-state index contributed by atoms with van der Waals surface area (Å²) in [7, 11) is 2.02. The average molecular weight is 271 g/mol. The monoisotopic (exact) mass is 271 g/mol. The molecule has 3 nitrogen and oxygen atoms in total. The molecule has 0 saturated heterocycles. The van der Waals surface area contributed by atoms with Crippen LogP contribution < -0.4 is 10.6 Å². The highest BCUT2D eigenvalue weighted by atomic mass is 32.1. The molecule has 0 fully saturated rings. The van der Waals surface area contributed by atoms with Crippen LogP contribution in [0, 0.1) is 6.92 Å². The van der Waals surface area contributed by atoms with Crippen molar-refractivity contribution < 1.29 is 0 Å². The van der Waals surface area contributed by atoms with Crippen molar-refractivity contribution in [3.63, 3.8) is 0 Å². The molecule has 4 heteroatoms. The van der Waals surface area contributed by atoms with Gasteiger partial charge in [0.15, 0.2) is 0 Å². The number of benzene rings is 1. The van der Waals surface area contributed by atoms with Crippen molar-refractivity contribution in [1.82, 2.24) is 4.98 Å². The van der Waals surface area contributed by atoms with Gasteiger partial charge in [-0.3, -0.25) is 4.98 Å². The van der Waals surface area contributed by atoms with E-state index in [9.17, 15) is 0 Å². The Labute approximate surface area is 119 Å². The van der Waals surface area contributed by atoms with Crippen LogP contribution in [0.2, 0.25) is 0 Å². The fraction of sp³-hybridized carbons (Fsp3) is 0.200. The van der Waals surface area contributed by atoms with E-state index < -0.39 is 0 Å². The van der Waals surface area contributed by atoms with Crippen molar-refractivity contribution in [2.45, 2.75) is 13.5 Å². The molecule has 1 aromatic heterocycles. The largest absolute Gasteiger partial charge is 0.389 e. The Balaban J connectivity index is 2.28. The smallest absolute Gasteiger partial charge is 0.106 e. The van der Waals surface area contributed by atoms with Crippen LogP contribution in [0.15, 0.2) is 42.6 Å². The lowest BCUT2D eigenvalue weighted by atomic mass is 10.1. The Morgan fingerprint density at radius 1 is 1.32 bits per heavy atom. The van der Waals surface area contributed by atoms with Gasteiger partial charge in [0.25, 0.3) is 0 Å². The first-order chi connectivity index (χ1) is 9.08. The fourth-order valence-electron chi connectivity index (χ4n) is 2.00. The van der Waals surface area contributed by atoms with Gasteiger partial charge in [0.05, 0.1) is 12.2 Å². The summed E-state index contributed by atoms with van der Waals surface area (Å²) in [5.41, 5.74) is 9.91. The number of anilines is 1. The number of nitrogens with two attached hydrogens (primary N) is 1. The van der Waals surface area contributed by atoms with Gasteiger partial charge in [-0.1, -0.05) is 29.9 Å². The van der Waals surface area contributed by atoms with Crippen LogP contribution in [-0.4, -0.2) is 17.0 Å². The second-order valence-corrected chi connectivity index (χ2v) is 5.00. The number of rotatable bonds is 4. The first kappa shape index (κ1) is 13.5. The minimum atomic E-state index is 0.423. The molecular formula is C15H17N3S. The van der Waals surface area contributed by atoms with Crippen molar-refractivity contribution in [2.24, 2.45) is 5.73 Å². The fourth-order valence-corrected chi connectivity index (χ4v) is 2.16. The molecule has 0 aliphatic carbocycles. The Bertz CT molecular complexity index is 581. The molecule has 0 spiro atoms. The zero-order chi connectivity index (χ0) is 13.8. The lowest BCUT2D eigenvalue weighted by Gasteiger charge is -2.22. The second kappa shape index (κ2) is 5.80. The Kier molecular flexibility index (Phi) is 4.12. The summed E-state index contributed by atoms with van der Waals surface area (Å²) in [5, 5.41) is 0. The molecule has 0 amide bonds. The van der Waals surface area contributed by atoms with Gasteiger partial charge in [-0.25, -0.2) is 0 Å². The molecule has 98 valence electrons. The molecule has 0 saturated carbocycles. The van der Waals surface area contributed by atoms with Gasteiger partial charge in [0.1, 0.15) is 4.99 Å². The third kappa shape index (κ3) is 3.29. The molecule has 0 aliphatic heterocycles. The minimum Gasteiger partial charge on any atom is -0.389 e. The summed E-state index contributed by atoms with van der Waals surface area (Å²) in [6.07, 6.45) is 1.80. The van der Waals surface area contributed by atoms with Gasteiger partial charge >= 0.3 is 0 Å². The highest BCUT2D eigenvalue weighted by Crippen LogP contribution is 2.22. The second-order valence-electron chi connectivity index (χ2n) is 4.56. The number of pyridine rings is 1. The molecule has 19 heavy (non-hydrogen) atoms. The average Bonchev–Trinajstić information content (AvgIpc) is 2.39. The first-order valence-corrected chi connectivity index (χ1v) is 6.50. The number of aromatic nitrogens is 1. The summed E-state index contributed by atoms with van der Waals surface area (Å²) in [5.74, 6) is 0.